The van der Waals surface area contributed by atoms with Gasteiger partial charge in [-0.1, -0.05) is 32.4 Å². The van der Waals surface area contributed by atoms with E-state index < -0.39 is 5.97 Å². The highest BCUT2D eigenvalue weighted by Gasteiger charge is 2.23. The summed E-state index contributed by atoms with van der Waals surface area (Å²) in [5.74, 6) is -0.721. The highest BCUT2D eigenvalue weighted by atomic mass is 16.4. The molecule has 0 spiro atoms. The van der Waals surface area contributed by atoms with Crippen molar-refractivity contribution in [1.29, 1.82) is 5.26 Å². The van der Waals surface area contributed by atoms with Crippen LogP contribution in [0.15, 0.2) is 42.5 Å². The Kier molecular flexibility index (Phi) is 8.61. The Labute approximate surface area is 201 Å². The summed E-state index contributed by atoms with van der Waals surface area (Å²) in [6.45, 7) is 8.28. The van der Waals surface area contributed by atoms with Crippen LogP contribution >= 0.6 is 0 Å². The molecule has 6 heteroatoms. The number of hydrogen-bond acceptors (Lipinski definition) is 4. The highest BCUT2D eigenvalue weighted by Crippen LogP contribution is 2.31. The first-order chi connectivity index (χ1) is 16.5. The maximum absolute atomic E-state index is 13.4. The molecular formula is C28H33N3O3. The predicted octanol–water partition coefficient (Wildman–Crippen LogP) is 5.52. The molecule has 2 aromatic carbocycles. The smallest absolute Gasteiger partial charge is 0.303 e. The van der Waals surface area contributed by atoms with E-state index in [-0.39, 0.29) is 12.2 Å². The Morgan fingerprint density at radius 2 is 1.71 bits per heavy atom. The number of carbonyl (C=O) groups is 2. The van der Waals surface area contributed by atoms with Gasteiger partial charge in [0.05, 0.1) is 23.7 Å². The normalized spacial score (nSPS) is 13.7. The lowest BCUT2D eigenvalue weighted by Gasteiger charge is -2.25. The predicted molar refractivity (Wildman–Crippen MR) is 135 cm³/mol. The van der Waals surface area contributed by atoms with E-state index in [2.05, 4.69) is 11.0 Å². The molecule has 0 atom stereocenters. The number of carboxylic acids is 1. The molecule has 1 aliphatic rings. The second kappa shape index (κ2) is 11.6. The van der Waals surface area contributed by atoms with Gasteiger partial charge < -0.3 is 9.67 Å². The number of nitrogens with zero attached hydrogens (tertiary/aromatic N) is 3. The van der Waals surface area contributed by atoms with E-state index in [1.165, 1.54) is 6.42 Å². The molecule has 0 radical (unpaired) electrons. The zero-order valence-electron chi connectivity index (χ0n) is 20.3. The van der Waals surface area contributed by atoms with Crippen molar-refractivity contribution in [3.63, 3.8) is 0 Å². The van der Waals surface area contributed by atoms with E-state index in [1.807, 2.05) is 55.7 Å². The fraction of sp³-hybridized carbons (Fsp3) is 0.393. The number of fused-ring (bicyclic) bond motifs is 1. The van der Waals surface area contributed by atoms with Gasteiger partial charge in [-0.15, -0.1) is 0 Å². The first kappa shape index (κ1) is 25.2. The maximum Gasteiger partial charge on any atom is 0.303 e. The zero-order valence-corrected chi connectivity index (χ0v) is 20.3. The average molecular weight is 460 g/mol. The lowest BCUT2D eigenvalue weighted by atomic mass is 10.0. The van der Waals surface area contributed by atoms with Crippen molar-refractivity contribution >= 4 is 22.7 Å². The number of carboxylic acid groups (broad SMARTS) is 1. The molecule has 1 aliphatic heterocycles. The Morgan fingerprint density at radius 3 is 2.32 bits per heavy atom. The van der Waals surface area contributed by atoms with E-state index in [0.717, 1.165) is 59.3 Å². The number of carbonyl (C=O) groups excluding carboxylic acids is 1. The summed E-state index contributed by atoms with van der Waals surface area (Å²) in [6, 6.07) is 15.3. The fourth-order valence-electron chi connectivity index (χ4n) is 4.64. The van der Waals surface area contributed by atoms with Gasteiger partial charge in [0.1, 0.15) is 0 Å². The molecule has 0 saturated carbocycles. The molecule has 0 aliphatic carbocycles. The minimum atomic E-state index is -0.832. The molecular weight excluding hydrogens is 426 g/mol. The molecule has 1 aromatic heterocycles. The molecule has 4 rings (SSSR count). The Bertz CT molecular complexity index is 1200. The average Bonchev–Trinajstić information content (AvgIpc) is 3.15. The summed E-state index contributed by atoms with van der Waals surface area (Å²) in [5, 5.41) is 19.1. The number of likely N-dealkylation sites (tertiary alicyclic amines) is 1. The molecule has 1 saturated heterocycles. The van der Waals surface area contributed by atoms with Crippen LogP contribution in [0.3, 0.4) is 0 Å². The largest absolute Gasteiger partial charge is 0.481 e. The molecule has 34 heavy (non-hydrogen) atoms. The van der Waals surface area contributed by atoms with Gasteiger partial charge >= 0.3 is 5.97 Å². The van der Waals surface area contributed by atoms with Gasteiger partial charge in [0, 0.05) is 28.8 Å². The minimum absolute atomic E-state index is 0.0583. The van der Waals surface area contributed by atoms with Crippen LogP contribution < -0.4 is 0 Å². The number of aromatic nitrogens is 1. The molecule has 2 heterocycles. The molecule has 0 amide bonds. The number of aliphatic carboxylic acids is 1. The number of hydrogen-bond donors (Lipinski definition) is 1. The van der Waals surface area contributed by atoms with Crippen molar-refractivity contribution in [2.24, 2.45) is 0 Å². The van der Waals surface area contributed by atoms with Crippen LogP contribution in [0, 0.1) is 18.3 Å². The monoisotopic (exact) mass is 459 g/mol. The molecule has 0 bridgehead atoms. The summed E-state index contributed by atoms with van der Waals surface area (Å²) in [6.07, 6.45) is 3.97. The molecule has 1 N–H and O–H groups in total. The summed E-state index contributed by atoms with van der Waals surface area (Å²) in [4.78, 5) is 26.7. The zero-order chi connectivity index (χ0) is 24.7. The van der Waals surface area contributed by atoms with Crippen LogP contribution in [0.4, 0.5) is 0 Å². The lowest BCUT2D eigenvalue weighted by molar-refractivity contribution is -0.136. The van der Waals surface area contributed by atoms with E-state index >= 15 is 0 Å². The first-order valence-corrected chi connectivity index (χ1v) is 12.1. The fourth-order valence-corrected chi connectivity index (χ4v) is 4.64. The van der Waals surface area contributed by atoms with Crippen LogP contribution in [-0.2, 0) is 11.2 Å². The van der Waals surface area contributed by atoms with Crippen molar-refractivity contribution < 1.29 is 14.7 Å². The SMILES string of the molecule is CC.Cc1c(C(=O)CN2CCCCC2)c2ccc(CCC(=O)O)cc2n1-c1ccc(C#N)cc1. The molecule has 0 unspecified atom stereocenters. The van der Waals surface area contributed by atoms with Crippen molar-refractivity contribution in [3.05, 3.63) is 64.8 Å². The minimum Gasteiger partial charge on any atom is -0.481 e. The number of ketones is 1. The van der Waals surface area contributed by atoms with Gasteiger partial charge in [-0.3, -0.25) is 14.5 Å². The third kappa shape index (κ3) is 5.55. The highest BCUT2D eigenvalue weighted by molar-refractivity contribution is 6.11. The van der Waals surface area contributed by atoms with Crippen LogP contribution in [0.25, 0.3) is 16.6 Å². The standard InChI is InChI=1S/C26H27N3O3.C2H6/c1-18-26(24(30)17-28-13-3-2-4-14-28)22-11-7-19(8-12-25(31)32)15-23(22)29(18)21-9-5-20(16-27)6-10-21;1-2/h5-7,9-11,15H,2-4,8,12-14,17H2,1H3,(H,31,32);1-2H3. The third-order valence-electron chi connectivity index (χ3n) is 6.25. The Hall–Kier alpha value is -3.43. The third-order valence-corrected chi connectivity index (χ3v) is 6.25. The second-order valence-corrected chi connectivity index (χ2v) is 8.46. The van der Waals surface area contributed by atoms with Crippen molar-refractivity contribution in [3.8, 4) is 11.8 Å². The van der Waals surface area contributed by atoms with E-state index in [9.17, 15) is 9.59 Å². The van der Waals surface area contributed by atoms with Crippen LogP contribution in [-0.4, -0.2) is 46.0 Å². The van der Waals surface area contributed by atoms with Gasteiger partial charge in [0.25, 0.3) is 0 Å². The number of Topliss-reactive ketones (excluding diaryl/α,β-unsaturated/α-hetero) is 1. The maximum atomic E-state index is 13.4. The summed E-state index contributed by atoms with van der Waals surface area (Å²) in [5.41, 5.74) is 4.84. The molecule has 6 nitrogen and oxygen atoms in total. The van der Waals surface area contributed by atoms with Gasteiger partial charge in [-0.2, -0.15) is 5.26 Å². The molecule has 3 aromatic rings. The van der Waals surface area contributed by atoms with Gasteiger partial charge in [-0.05, 0) is 75.2 Å². The van der Waals surface area contributed by atoms with Crippen molar-refractivity contribution in [1.82, 2.24) is 9.47 Å². The van der Waals surface area contributed by atoms with Crippen molar-refractivity contribution in [2.45, 2.75) is 52.9 Å². The van der Waals surface area contributed by atoms with Gasteiger partial charge in [0.15, 0.2) is 5.78 Å². The Balaban J connectivity index is 0.00000158. The van der Waals surface area contributed by atoms with Gasteiger partial charge in [0.2, 0.25) is 0 Å². The number of benzene rings is 2. The van der Waals surface area contributed by atoms with E-state index in [4.69, 9.17) is 10.4 Å². The number of aryl methyl sites for hydroxylation is 1. The molecule has 178 valence electrons. The molecule has 1 fully saturated rings. The number of piperidine rings is 1. The van der Waals surface area contributed by atoms with Crippen molar-refractivity contribution in [2.75, 3.05) is 19.6 Å². The topological polar surface area (TPSA) is 86.3 Å². The lowest BCUT2D eigenvalue weighted by Crippen LogP contribution is -2.34. The van der Waals surface area contributed by atoms with Crippen LogP contribution in [0.2, 0.25) is 0 Å². The Morgan fingerprint density at radius 1 is 1.03 bits per heavy atom. The van der Waals surface area contributed by atoms with E-state index in [1.54, 1.807) is 12.1 Å². The summed E-state index contributed by atoms with van der Waals surface area (Å²) >= 11 is 0. The summed E-state index contributed by atoms with van der Waals surface area (Å²) in [7, 11) is 0. The quantitative estimate of drug-likeness (QED) is 0.470. The second-order valence-electron chi connectivity index (χ2n) is 8.46. The number of nitriles is 1. The first-order valence-electron chi connectivity index (χ1n) is 12.1. The number of rotatable bonds is 7. The van der Waals surface area contributed by atoms with E-state index in [0.29, 0.717) is 18.5 Å². The van der Waals surface area contributed by atoms with Crippen LogP contribution in [0.1, 0.15) is 66.7 Å². The summed E-state index contributed by atoms with van der Waals surface area (Å²) < 4.78 is 2.05. The van der Waals surface area contributed by atoms with Gasteiger partial charge in [-0.25, -0.2) is 0 Å². The van der Waals surface area contributed by atoms with Crippen LogP contribution in [0.5, 0.6) is 0 Å².